The lowest BCUT2D eigenvalue weighted by molar-refractivity contribution is -0.131. The van der Waals surface area contributed by atoms with E-state index in [-0.39, 0.29) is 17.4 Å². The van der Waals surface area contributed by atoms with Gasteiger partial charge in [0, 0.05) is 50.2 Å². The second kappa shape index (κ2) is 7.26. The van der Waals surface area contributed by atoms with Gasteiger partial charge >= 0.3 is 5.69 Å². The second-order valence-electron chi connectivity index (χ2n) is 8.22. The second-order valence-corrected chi connectivity index (χ2v) is 8.22. The molecule has 1 aromatic carbocycles. The normalized spacial score (nSPS) is 15.2. The lowest BCUT2D eigenvalue weighted by atomic mass is 9.95. The van der Waals surface area contributed by atoms with Gasteiger partial charge in [0.15, 0.2) is 5.65 Å². The van der Waals surface area contributed by atoms with Crippen LogP contribution < -0.4 is 11.2 Å². The molecule has 0 radical (unpaired) electrons. The van der Waals surface area contributed by atoms with Crippen LogP contribution in [0.5, 0.6) is 0 Å². The molecule has 1 aliphatic rings. The number of imidazole rings is 1. The third-order valence-corrected chi connectivity index (χ3v) is 6.36. The van der Waals surface area contributed by atoms with E-state index in [9.17, 15) is 14.4 Å². The first kappa shape index (κ1) is 19.3. The topological polar surface area (TPSA) is 109 Å². The average Bonchev–Trinajstić information content (AvgIpc) is 3.42. The van der Waals surface area contributed by atoms with Crippen LogP contribution in [0.4, 0.5) is 0 Å². The number of rotatable bonds is 3. The third-order valence-electron chi connectivity index (χ3n) is 6.36. The van der Waals surface area contributed by atoms with Gasteiger partial charge in [-0.05, 0) is 24.5 Å². The van der Waals surface area contributed by atoms with Crippen molar-refractivity contribution in [1.82, 2.24) is 29.0 Å². The van der Waals surface area contributed by atoms with E-state index >= 15 is 0 Å². The highest BCUT2D eigenvalue weighted by atomic mass is 16.2. The number of hydrogen-bond donors (Lipinski definition) is 2. The molecule has 160 valence electrons. The Balaban J connectivity index is 1.31. The average molecular weight is 420 g/mol. The molecular formula is C22H24N6O3. The minimum atomic E-state index is -0.395. The molecule has 1 fully saturated rings. The van der Waals surface area contributed by atoms with Gasteiger partial charge in [-0.2, -0.15) is 0 Å². The molecule has 0 atom stereocenters. The highest BCUT2D eigenvalue weighted by molar-refractivity contribution is 5.88. The smallest absolute Gasteiger partial charge is 0.332 e. The van der Waals surface area contributed by atoms with Crippen molar-refractivity contribution in [2.75, 3.05) is 13.1 Å². The summed E-state index contributed by atoms with van der Waals surface area (Å²) in [7, 11) is 3.07. The molecule has 0 spiro atoms. The fraction of sp³-hybridized carbons (Fsp3) is 0.364. The van der Waals surface area contributed by atoms with Crippen molar-refractivity contribution in [3.63, 3.8) is 0 Å². The van der Waals surface area contributed by atoms with E-state index in [4.69, 9.17) is 0 Å². The quantitative estimate of drug-likeness (QED) is 0.522. The van der Waals surface area contributed by atoms with Crippen molar-refractivity contribution in [2.45, 2.75) is 25.2 Å². The maximum absolute atomic E-state index is 12.9. The van der Waals surface area contributed by atoms with Gasteiger partial charge in [-0.15, -0.1) is 0 Å². The zero-order chi connectivity index (χ0) is 21.7. The Morgan fingerprint density at radius 3 is 2.65 bits per heavy atom. The zero-order valence-corrected chi connectivity index (χ0v) is 17.5. The molecule has 31 heavy (non-hydrogen) atoms. The van der Waals surface area contributed by atoms with Gasteiger partial charge in [0.2, 0.25) is 5.91 Å². The summed E-state index contributed by atoms with van der Waals surface area (Å²) in [4.78, 5) is 50.2. The minimum Gasteiger partial charge on any atom is -0.361 e. The summed E-state index contributed by atoms with van der Waals surface area (Å²) in [6.07, 6.45) is 3.80. The number of benzene rings is 1. The summed E-state index contributed by atoms with van der Waals surface area (Å²) in [5, 5.41) is 1.08. The van der Waals surface area contributed by atoms with Crippen LogP contribution in [0.3, 0.4) is 0 Å². The van der Waals surface area contributed by atoms with Crippen LogP contribution in [-0.4, -0.2) is 48.0 Å². The molecule has 5 rings (SSSR count). The van der Waals surface area contributed by atoms with E-state index in [2.05, 4.69) is 15.0 Å². The molecule has 1 amide bonds. The molecule has 9 heteroatoms. The first-order valence-corrected chi connectivity index (χ1v) is 10.4. The SMILES string of the molecule is Cn1c(=O)c2[nH]c(C3CCN(C(=O)Cc4c[nH]c5ccccc45)CC3)nc2n(C)c1=O. The Hall–Kier alpha value is -3.62. The molecule has 2 N–H and O–H groups in total. The van der Waals surface area contributed by atoms with Crippen LogP contribution >= 0.6 is 0 Å². The van der Waals surface area contributed by atoms with E-state index in [1.54, 1.807) is 7.05 Å². The lowest BCUT2D eigenvalue weighted by Crippen LogP contribution is -2.39. The number of aromatic nitrogens is 5. The number of carbonyl (C=O) groups is 1. The predicted octanol–water partition coefficient (Wildman–Crippen LogP) is 1.39. The molecule has 3 aromatic heterocycles. The maximum atomic E-state index is 12.9. The van der Waals surface area contributed by atoms with Crippen molar-refractivity contribution >= 4 is 28.0 Å². The van der Waals surface area contributed by atoms with Gasteiger partial charge in [0.25, 0.3) is 5.56 Å². The van der Waals surface area contributed by atoms with Crippen LogP contribution in [0.15, 0.2) is 40.1 Å². The summed E-state index contributed by atoms with van der Waals surface area (Å²) in [5.74, 6) is 0.936. The van der Waals surface area contributed by atoms with E-state index in [1.807, 2.05) is 35.4 Å². The number of amides is 1. The highest BCUT2D eigenvalue weighted by Gasteiger charge is 2.27. The Labute approximate surface area is 177 Å². The third kappa shape index (κ3) is 3.17. The predicted molar refractivity (Wildman–Crippen MR) is 117 cm³/mol. The molecular weight excluding hydrogens is 396 g/mol. The zero-order valence-electron chi connectivity index (χ0n) is 17.5. The number of para-hydroxylation sites is 1. The molecule has 1 aliphatic heterocycles. The molecule has 4 heterocycles. The van der Waals surface area contributed by atoms with Gasteiger partial charge in [0.1, 0.15) is 11.3 Å². The molecule has 0 unspecified atom stereocenters. The van der Waals surface area contributed by atoms with Crippen LogP contribution in [0.2, 0.25) is 0 Å². The summed E-state index contributed by atoms with van der Waals surface area (Å²) < 4.78 is 2.47. The standard InChI is InChI=1S/C22H24N6O3/c1-26-20-18(21(30)27(2)22(26)31)24-19(25-20)13-7-9-28(10-8-13)17(29)11-14-12-23-16-6-4-3-5-15(14)16/h3-6,12-13,23H,7-11H2,1-2H3,(H,24,25). The lowest BCUT2D eigenvalue weighted by Gasteiger charge is -2.31. The molecule has 0 aliphatic carbocycles. The number of carbonyl (C=O) groups excluding carboxylic acids is 1. The Kier molecular flexibility index (Phi) is 4.53. The Bertz CT molecular complexity index is 1410. The van der Waals surface area contributed by atoms with Crippen LogP contribution in [-0.2, 0) is 25.3 Å². The number of hydrogen-bond acceptors (Lipinski definition) is 4. The minimum absolute atomic E-state index is 0.115. The van der Waals surface area contributed by atoms with Crippen molar-refractivity contribution in [3.05, 3.63) is 62.7 Å². The fourth-order valence-electron chi connectivity index (χ4n) is 4.49. The van der Waals surface area contributed by atoms with Crippen molar-refractivity contribution in [2.24, 2.45) is 14.1 Å². The van der Waals surface area contributed by atoms with Crippen molar-refractivity contribution in [1.29, 1.82) is 0 Å². The number of nitrogens with zero attached hydrogens (tertiary/aromatic N) is 4. The maximum Gasteiger partial charge on any atom is 0.332 e. The largest absolute Gasteiger partial charge is 0.361 e. The molecule has 0 saturated carbocycles. The summed E-state index contributed by atoms with van der Waals surface area (Å²) >= 11 is 0. The van der Waals surface area contributed by atoms with E-state index in [0.717, 1.165) is 33.9 Å². The number of H-pyrrole nitrogens is 2. The van der Waals surface area contributed by atoms with Crippen LogP contribution in [0, 0.1) is 0 Å². The van der Waals surface area contributed by atoms with Crippen molar-refractivity contribution in [3.8, 4) is 0 Å². The first-order valence-electron chi connectivity index (χ1n) is 10.4. The van der Waals surface area contributed by atoms with Gasteiger partial charge < -0.3 is 14.9 Å². The molecule has 1 saturated heterocycles. The number of likely N-dealkylation sites (tertiary alicyclic amines) is 1. The summed E-state index contributed by atoms with van der Waals surface area (Å²) in [6, 6.07) is 7.98. The van der Waals surface area contributed by atoms with E-state index in [0.29, 0.717) is 36.5 Å². The molecule has 0 bridgehead atoms. The van der Waals surface area contributed by atoms with Gasteiger partial charge in [-0.3, -0.25) is 18.7 Å². The molecule has 9 nitrogen and oxygen atoms in total. The van der Waals surface area contributed by atoms with Gasteiger partial charge in [-0.1, -0.05) is 18.2 Å². The number of fused-ring (bicyclic) bond motifs is 2. The van der Waals surface area contributed by atoms with Gasteiger partial charge in [0.05, 0.1) is 6.42 Å². The number of nitrogens with one attached hydrogen (secondary N) is 2. The van der Waals surface area contributed by atoms with Crippen LogP contribution in [0.1, 0.15) is 30.1 Å². The summed E-state index contributed by atoms with van der Waals surface area (Å²) in [6.45, 7) is 1.28. The molecule has 4 aromatic rings. The number of aryl methyl sites for hydroxylation is 1. The van der Waals surface area contributed by atoms with E-state index < -0.39 is 5.69 Å². The number of aromatic amines is 2. The highest BCUT2D eigenvalue weighted by Crippen LogP contribution is 2.27. The van der Waals surface area contributed by atoms with Gasteiger partial charge in [-0.25, -0.2) is 9.78 Å². The van der Waals surface area contributed by atoms with Crippen molar-refractivity contribution < 1.29 is 4.79 Å². The Morgan fingerprint density at radius 1 is 1.13 bits per heavy atom. The summed E-state index contributed by atoms with van der Waals surface area (Å²) in [5.41, 5.74) is 2.00. The fourth-order valence-corrected chi connectivity index (χ4v) is 4.49. The first-order chi connectivity index (χ1) is 14.9. The number of piperidine rings is 1. The Morgan fingerprint density at radius 2 is 1.87 bits per heavy atom. The van der Waals surface area contributed by atoms with E-state index in [1.165, 1.54) is 11.6 Å². The van der Waals surface area contributed by atoms with Crippen LogP contribution in [0.25, 0.3) is 22.1 Å². The monoisotopic (exact) mass is 420 g/mol.